The average molecular weight is 416 g/mol. The standard InChI is InChI=1S/C24H33NO5/c1-17(19-10-11-20-12-18(14-26)8-9-21(20)13-19)23(29)6-4-2-3-5-7-24(30)25-22(15-27)16-28/h8-13,17,22,26-28H,2-7,14-16H2,1H3,(H,25,30)/t17-/m0/s1. The number of unbranched alkanes of at least 4 members (excludes halogenated alkanes) is 3. The highest BCUT2D eigenvalue weighted by atomic mass is 16.3. The smallest absolute Gasteiger partial charge is 0.220 e. The van der Waals surface area contributed by atoms with Gasteiger partial charge in [0.25, 0.3) is 0 Å². The Morgan fingerprint density at radius 3 is 2.17 bits per heavy atom. The number of aliphatic hydroxyl groups is 3. The van der Waals surface area contributed by atoms with Crippen molar-refractivity contribution >= 4 is 22.5 Å². The molecule has 2 rings (SSSR count). The number of carbonyl (C=O) groups excluding carboxylic acids is 2. The second-order valence-corrected chi connectivity index (χ2v) is 7.83. The minimum Gasteiger partial charge on any atom is -0.394 e. The highest BCUT2D eigenvalue weighted by molar-refractivity contribution is 5.89. The van der Waals surface area contributed by atoms with E-state index in [0.717, 1.165) is 47.6 Å². The quantitative estimate of drug-likeness (QED) is 0.376. The van der Waals surface area contributed by atoms with E-state index in [0.29, 0.717) is 12.8 Å². The molecule has 2 aromatic carbocycles. The van der Waals surface area contributed by atoms with E-state index in [1.807, 2.05) is 43.3 Å². The van der Waals surface area contributed by atoms with Gasteiger partial charge in [0.15, 0.2) is 0 Å². The van der Waals surface area contributed by atoms with Gasteiger partial charge in [-0.3, -0.25) is 9.59 Å². The summed E-state index contributed by atoms with van der Waals surface area (Å²) in [7, 11) is 0. The van der Waals surface area contributed by atoms with Crippen molar-refractivity contribution in [2.45, 2.75) is 64.0 Å². The lowest BCUT2D eigenvalue weighted by Crippen LogP contribution is -2.39. The van der Waals surface area contributed by atoms with E-state index < -0.39 is 6.04 Å². The van der Waals surface area contributed by atoms with Gasteiger partial charge in [-0.25, -0.2) is 0 Å². The summed E-state index contributed by atoms with van der Waals surface area (Å²) in [5, 5.41) is 31.8. The summed E-state index contributed by atoms with van der Waals surface area (Å²) in [6, 6.07) is 11.3. The highest BCUT2D eigenvalue weighted by Crippen LogP contribution is 2.25. The van der Waals surface area contributed by atoms with Crippen molar-refractivity contribution in [3.63, 3.8) is 0 Å². The Morgan fingerprint density at radius 2 is 1.50 bits per heavy atom. The third-order valence-electron chi connectivity index (χ3n) is 5.48. The van der Waals surface area contributed by atoms with Gasteiger partial charge in [-0.1, -0.05) is 50.1 Å². The zero-order valence-electron chi connectivity index (χ0n) is 17.6. The SMILES string of the molecule is C[C@H](C(=O)CCCCCCC(=O)NC(CO)CO)c1ccc2cc(CO)ccc2c1. The number of Topliss-reactive ketones (excluding diaryl/α,β-unsaturated/α-hetero) is 1. The fourth-order valence-corrected chi connectivity index (χ4v) is 3.47. The largest absolute Gasteiger partial charge is 0.394 e. The fraction of sp³-hybridized carbons (Fsp3) is 0.500. The molecule has 0 unspecified atom stereocenters. The number of fused-ring (bicyclic) bond motifs is 1. The molecule has 0 saturated carbocycles. The molecule has 6 heteroatoms. The topological polar surface area (TPSA) is 107 Å². The molecule has 1 amide bonds. The van der Waals surface area contributed by atoms with E-state index in [1.54, 1.807) is 0 Å². The second-order valence-electron chi connectivity index (χ2n) is 7.83. The van der Waals surface area contributed by atoms with Crippen LogP contribution >= 0.6 is 0 Å². The van der Waals surface area contributed by atoms with E-state index in [4.69, 9.17) is 10.2 Å². The van der Waals surface area contributed by atoms with Crippen LogP contribution in [-0.4, -0.2) is 46.3 Å². The van der Waals surface area contributed by atoms with E-state index in [1.165, 1.54) is 0 Å². The molecule has 30 heavy (non-hydrogen) atoms. The summed E-state index contributed by atoms with van der Waals surface area (Å²) in [4.78, 5) is 24.3. The molecular formula is C24H33NO5. The lowest BCUT2D eigenvalue weighted by atomic mass is 9.91. The first-order chi connectivity index (χ1) is 14.5. The normalized spacial score (nSPS) is 12.3. The molecule has 0 spiro atoms. The van der Waals surface area contributed by atoms with Gasteiger partial charge in [0, 0.05) is 18.8 Å². The molecule has 4 N–H and O–H groups in total. The summed E-state index contributed by atoms with van der Waals surface area (Å²) < 4.78 is 0. The summed E-state index contributed by atoms with van der Waals surface area (Å²) in [5.74, 6) is -0.116. The van der Waals surface area contributed by atoms with Crippen molar-refractivity contribution in [2.75, 3.05) is 13.2 Å². The van der Waals surface area contributed by atoms with Crippen LogP contribution in [0, 0.1) is 0 Å². The van der Waals surface area contributed by atoms with E-state index in [-0.39, 0.29) is 37.4 Å². The third kappa shape index (κ3) is 7.20. The average Bonchev–Trinajstić information content (AvgIpc) is 2.78. The number of hydrogen-bond acceptors (Lipinski definition) is 5. The van der Waals surface area contributed by atoms with Crippen LogP contribution in [0.2, 0.25) is 0 Å². The van der Waals surface area contributed by atoms with Crippen LogP contribution in [0.25, 0.3) is 10.8 Å². The van der Waals surface area contributed by atoms with Crippen molar-refractivity contribution in [3.8, 4) is 0 Å². The Labute approximate surface area is 177 Å². The number of hydrogen-bond donors (Lipinski definition) is 4. The molecule has 0 bridgehead atoms. The minimum absolute atomic E-state index is 0.0170. The molecule has 6 nitrogen and oxygen atoms in total. The summed E-state index contributed by atoms with van der Waals surface area (Å²) in [6.07, 6.45) is 4.15. The zero-order chi connectivity index (χ0) is 21.9. The Balaban J connectivity index is 1.72. The van der Waals surface area contributed by atoms with Crippen LogP contribution in [0.5, 0.6) is 0 Å². The zero-order valence-corrected chi connectivity index (χ0v) is 17.6. The number of rotatable bonds is 13. The molecule has 0 aliphatic carbocycles. The minimum atomic E-state index is -0.594. The molecule has 1 atom stereocenters. The van der Waals surface area contributed by atoms with Gasteiger partial charge in [0.2, 0.25) is 5.91 Å². The van der Waals surface area contributed by atoms with Crippen molar-refractivity contribution < 1.29 is 24.9 Å². The summed E-state index contributed by atoms with van der Waals surface area (Å²) in [5.41, 5.74) is 1.88. The number of amides is 1. The Bertz CT molecular complexity index is 831. The van der Waals surface area contributed by atoms with E-state index in [2.05, 4.69) is 5.32 Å². The summed E-state index contributed by atoms with van der Waals surface area (Å²) >= 11 is 0. The first-order valence-corrected chi connectivity index (χ1v) is 10.7. The van der Waals surface area contributed by atoms with Gasteiger partial charge in [-0.15, -0.1) is 0 Å². The van der Waals surface area contributed by atoms with Crippen LogP contribution in [0.3, 0.4) is 0 Å². The van der Waals surface area contributed by atoms with Crippen LogP contribution in [0.4, 0.5) is 0 Å². The molecule has 0 aliphatic rings. The molecule has 0 saturated heterocycles. The number of ketones is 1. The number of carbonyl (C=O) groups is 2. The molecule has 164 valence electrons. The Kier molecular flexibility index (Phi) is 9.94. The number of benzene rings is 2. The van der Waals surface area contributed by atoms with Crippen LogP contribution in [-0.2, 0) is 16.2 Å². The lowest BCUT2D eigenvalue weighted by molar-refractivity contribution is -0.122. The van der Waals surface area contributed by atoms with Crippen molar-refractivity contribution in [2.24, 2.45) is 0 Å². The molecule has 0 aromatic heterocycles. The molecular weight excluding hydrogens is 382 g/mol. The van der Waals surface area contributed by atoms with Gasteiger partial charge >= 0.3 is 0 Å². The number of aliphatic hydroxyl groups excluding tert-OH is 3. The molecule has 2 aromatic rings. The van der Waals surface area contributed by atoms with Gasteiger partial charge in [0.05, 0.1) is 25.9 Å². The Hall–Kier alpha value is -2.28. The van der Waals surface area contributed by atoms with E-state index >= 15 is 0 Å². The van der Waals surface area contributed by atoms with Crippen LogP contribution in [0.1, 0.15) is 62.5 Å². The second kappa shape index (κ2) is 12.4. The molecule has 0 fully saturated rings. The predicted octanol–water partition coefficient (Wildman–Crippen LogP) is 2.81. The third-order valence-corrected chi connectivity index (χ3v) is 5.48. The maximum atomic E-state index is 12.6. The maximum Gasteiger partial charge on any atom is 0.220 e. The maximum absolute atomic E-state index is 12.6. The van der Waals surface area contributed by atoms with Crippen LogP contribution < -0.4 is 5.32 Å². The van der Waals surface area contributed by atoms with E-state index in [9.17, 15) is 14.7 Å². The monoisotopic (exact) mass is 415 g/mol. The van der Waals surface area contributed by atoms with Gasteiger partial charge in [-0.05, 0) is 40.8 Å². The predicted molar refractivity (Wildman–Crippen MR) is 117 cm³/mol. The van der Waals surface area contributed by atoms with Crippen molar-refractivity contribution in [1.82, 2.24) is 5.32 Å². The van der Waals surface area contributed by atoms with Crippen molar-refractivity contribution in [1.29, 1.82) is 0 Å². The summed E-state index contributed by atoms with van der Waals surface area (Å²) in [6.45, 7) is 1.41. The highest BCUT2D eigenvalue weighted by Gasteiger charge is 2.15. The van der Waals surface area contributed by atoms with Gasteiger partial charge < -0.3 is 20.6 Å². The van der Waals surface area contributed by atoms with Gasteiger partial charge in [-0.2, -0.15) is 0 Å². The lowest BCUT2D eigenvalue weighted by Gasteiger charge is -2.13. The molecule has 0 aliphatic heterocycles. The first kappa shape index (κ1) is 24.0. The molecule has 0 radical (unpaired) electrons. The first-order valence-electron chi connectivity index (χ1n) is 10.7. The van der Waals surface area contributed by atoms with Crippen LogP contribution in [0.15, 0.2) is 36.4 Å². The van der Waals surface area contributed by atoms with Gasteiger partial charge in [0.1, 0.15) is 5.78 Å². The number of nitrogens with one attached hydrogen (secondary N) is 1. The van der Waals surface area contributed by atoms with Crippen molar-refractivity contribution in [3.05, 3.63) is 47.5 Å². The fourth-order valence-electron chi connectivity index (χ4n) is 3.47. The Morgan fingerprint density at radius 1 is 0.867 bits per heavy atom. The molecule has 0 heterocycles.